The zero-order valence-electron chi connectivity index (χ0n) is 11.7. The van der Waals surface area contributed by atoms with Crippen molar-refractivity contribution in [3.8, 4) is 0 Å². The smallest absolute Gasteiger partial charge is 0.313 e. The average Bonchev–Trinajstić information content (AvgIpc) is 2.77. The van der Waals surface area contributed by atoms with Gasteiger partial charge in [-0.05, 0) is 25.2 Å². The van der Waals surface area contributed by atoms with Crippen LogP contribution in [-0.2, 0) is 4.79 Å². The van der Waals surface area contributed by atoms with E-state index in [4.69, 9.17) is 5.11 Å². The Morgan fingerprint density at radius 3 is 3.05 bits per heavy atom. The molecule has 1 atom stereocenters. The maximum absolute atomic E-state index is 10.5. The maximum atomic E-state index is 10.5. The lowest BCUT2D eigenvalue weighted by molar-refractivity contribution is -0.133. The summed E-state index contributed by atoms with van der Waals surface area (Å²) in [6.07, 6.45) is 6.33. The number of nitrogens with zero attached hydrogens (tertiary/aromatic N) is 3. The fourth-order valence-electron chi connectivity index (χ4n) is 2.57. The molecule has 1 aliphatic heterocycles. The summed E-state index contributed by atoms with van der Waals surface area (Å²) in [5, 5.41) is 17.9. The van der Waals surface area contributed by atoms with Crippen LogP contribution in [0.4, 0.5) is 5.13 Å². The molecule has 0 amide bonds. The van der Waals surface area contributed by atoms with Crippen molar-refractivity contribution in [2.24, 2.45) is 5.92 Å². The molecule has 0 saturated carbocycles. The minimum Gasteiger partial charge on any atom is -0.481 e. The highest BCUT2D eigenvalue weighted by atomic mass is 32.2. The number of rotatable bonds is 6. The Kier molecular flexibility index (Phi) is 6.09. The molecule has 1 aliphatic rings. The lowest BCUT2D eigenvalue weighted by Crippen LogP contribution is -2.24. The summed E-state index contributed by atoms with van der Waals surface area (Å²) in [5.74, 6) is 0.0791. The molecule has 0 aliphatic carbocycles. The minimum absolute atomic E-state index is 0.0488. The Morgan fingerprint density at radius 2 is 2.30 bits per heavy atom. The second kappa shape index (κ2) is 7.83. The lowest BCUT2D eigenvalue weighted by Gasteiger charge is -2.18. The van der Waals surface area contributed by atoms with Crippen molar-refractivity contribution >= 4 is 34.2 Å². The first-order chi connectivity index (χ1) is 9.69. The van der Waals surface area contributed by atoms with Crippen molar-refractivity contribution in [1.82, 2.24) is 10.2 Å². The molecule has 2 rings (SSSR count). The molecular formula is C13H21N3O2S2. The number of anilines is 1. The highest BCUT2D eigenvalue weighted by Crippen LogP contribution is 2.30. The first-order valence-corrected chi connectivity index (χ1v) is 8.92. The summed E-state index contributed by atoms with van der Waals surface area (Å²) in [4.78, 5) is 12.9. The first-order valence-electron chi connectivity index (χ1n) is 7.12. The molecule has 20 heavy (non-hydrogen) atoms. The van der Waals surface area contributed by atoms with Crippen molar-refractivity contribution < 1.29 is 9.90 Å². The van der Waals surface area contributed by atoms with Crippen molar-refractivity contribution in [3.05, 3.63) is 0 Å². The molecule has 5 nitrogen and oxygen atoms in total. The number of carbonyl (C=O) groups is 1. The van der Waals surface area contributed by atoms with Gasteiger partial charge in [-0.1, -0.05) is 42.9 Å². The van der Waals surface area contributed by atoms with Crippen LogP contribution >= 0.6 is 23.1 Å². The van der Waals surface area contributed by atoms with Crippen LogP contribution in [0.2, 0.25) is 0 Å². The van der Waals surface area contributed by atoms with E-state index in [0.29, 0.717) is 0 Å². The van der Waals surface area contributed by atoms with Gasteiger partial charge in [-0.2, -0.15) is 0 Å². The van der Waals surface area contributed by atoms with Crippen LogP contribution in [0, 0.1) is 5.92 Å². The molecule has 0 bridgehead atoms. The minimum atomic E-state index is -0.816. The van der Waals surface area contributed by atoms with Crippen LogP contribution in [0.15, 0.2) is 4.34 Å². The molecule has 1 aromatic heterocycles. The molecule has 7 heteroatoms. The van der Waals surface area contributed by atoms with E-state index < -0.39 is 5.97 Å². The topological polar surface area (TPSA) is 66.3 Å². The molecule has 1 N–H and O–H groups in total. The van der Waals surface area contributed by atoms with Gasteiger partial charge >= 0.3 is 5.97 Å². The fraction of sp³-hybridized carbons (Fsp3) is 0.769. The van der Waals surface area contributed by atoms with Gasteiger partial charge in [0.05, 0.1) is 5.75 Å². The summed E-state index contributed by atoms with van der Waals surface area (Å²) in [6, 6.07) is 0. The van der Waals surface area contributed by atoms with Crippen LogP contribution in [0.5, 0.6) is 0 Å². The number of thioether (sulfide) groups is 1. The van der Waals surface area contributed by atoms with Gasteiger partial charge in [0.1, 0.15) is 0 Å². The Balaban J connectivity index is 1.89. The van der Waals surface area contributed by atoms with E-state index in [1.54, 1.807) is 0 Å². The third-order valence-electron chi connectivity index (χ3n) is 3.53. The Bertz CT molecular complexity index is 439. The molecule has 0 radical (unpaired) electrons. The molecule has 1 unspecified atom stereocenters. The highest BCUT2D eigenvalue weighted by Gasteiger charge is 2.19. The van der Waals surface area contributed by atoms with Crippen molar-refractivity contribution in [2.45, 2.75) is 43.4 Å². The number of carboxylic acid groups (broad SMARTS) is 1. The SMILES string of the molecule is CCCC1CCCN(c2nnc(SCC(=O)O)s2)CC1. The molecule has 1 aromatic rings. The van der Waals surface area contributed by atoms with Gasteiger partial charge in [-0.25, -0.2) is 0 Å². The maximum Gasteiger partial charge on any atom is 0.313 e. The van der Waals surface area contributed by atoms with Gasteiger partial charge in [0.15, 0.2) is 4.34 Å². The molecule has 1 saturated heterocycles. The molecule has 0 spiro atoms. The van der Waals surface area contributed by atoms with Gasteiger partial charge in [0.2, 0.25) is 5.13 Å². The third-order valence-corrected chi connectivity index (χ3v) is 5.63. The van der Waals surface area contributed by atoms with Crippen molar-refractivity contribution in [3.63, 3.8) is 0 Å². The summed E-state index contributed by atoms with van der Waals surface area (Å²) in [7, 11) is 0. The first kappa shape index (κ1) is 15.6. The van der Waals surface area contributed by atoms with Gasteiger partial charge in [0, 0.05) is 13.1 Å². The van der Waals surface area contributed by atoms with E-state index in [0.717, 1.165) is 28.5 Å². The Morgan fingerprint density at radius 1 is 1.45 bits per heavy atom. The standard InChI is InChI=1S/C13H21N3O2S2/c1-2-4-10-5-3-7-16(8-6-10)12-14-15-13(20-12)19-9-11(17)18/h10H,2-9H2,1H3,(H,17,18). The van der Waals surface area contributed by atoms with Gasteiger partial charge in [-0.3, -0.25) is 4.79 Å². The number of aliphatic carboxylic acids is 1. The van der Waals surface area contributed by atoms with Crippen LogP contribution in [0.1, 0.15) is 39.0 Å². The Hall–Kier alpha value is -0.820. The normalized spacial score (nSPS) is 19.9. The summed E-state index contributed by atoms with van der Waals surface area (Å²) < 4.78 is 0.747. The second-order valence-corrected chi connectivity index (χ2v) is 7.28. The predicted octanol–water partition coefficient (Wildman–Crippen LogP) is 3.12. The highest BCUT2D eigenvalue weighted by molar-refractivity contribution is 8.01. The van der Waals surface area contributed by atoms with E-state index >= 15 is 0 Å². The van der Waals surface area contributed by atoms with E-state index in [1.807, 2.05) is 0 Å². The summed E-state index contributed by atoms with van der Waals surface area (Å²) >= 11 is 2.75. The van der Waals surface area contributed by atoms with Crippen LogP contribution in [0.25, 0.3) is 0 Å². The quantitative estimate of drug-likeness (QED) is 0.814. The number of carboxylic acids is 1. The summed E-state index contributed by atoms with van der Waals surface area (Å²) in [6.45, 7) is 4.33. The Labute approximate surface area is 127 Å². The zero-order valence-corrected chi connectivity index (χ0v) is 13.4. The van der Waals surface area contributed by atoms with E-state index in [-0.39, 0.29) is 5.75 Å². The van der Waals surface area contributed by atoms with Crippen molar-refractivity contribution in [2.75, 3.05) is 23.7 Å². The molecule has 1 fully saturated rings. The fourth-order valence-corrected chi connectivity index (χ4v) is 4.18. The van der Waals surface area contributed by atoms with Gasteiger partial charge < -0.3 is 10.0 Å². The van der Waals surface area contributed by atoms with Crippen LogP contribution in [0.3, 0.4) is 0 Å². The van der Waals surface area contributed by atoms with Gasteiger partial charge in [-0.15, -0.1) is 10.2 Å². The predicted molar refractivity (Wildman–Crippen MR) is 82.7 cm³/mol. The molecule has 112 valence electrons. The van der Waals surface area contributed by atoms with E-state index in [2.05, 4.69) is 22.0 Å². The molecular weight excluding hydrogens is 294 g/mol. The largest absolute Gasteiger partial charge is 0.481 e. The van der Waals surface area contributed by atoms with Crippen LogP contribution in [-0.4, -0.2) is 40.1 Å². The second-order valence-electron chi connectivity index (χ2n) is 5.11. The zero-order chi connectivity index (χ0) is 14.4. The number of aromatic nitrogens is 2. The lowest BCUT2D eigenvalue weighted by atomic mass is 9.96. The van der Waals surface area contributed by atoms with Crippen molar-refractivity contribution in [1.29, 1.82) is 0 Å². The average molecular weight is 315 g/mol. The number of hydrogen-bond donors (Lipinski definition) is 1. The summed E-state index contributed by atoms with van der Waals surface area (Å²) in [5.41, 5.74) is 0. The molecule has 0 aromatic carbocycles. The third kappa shape index (κ3) is 4.63. The monoisotopic (exact) mass is 315 g/mol. The van der Waals surface area contributed by atoms with E-state index in [1.165, 1.54) is 55.2 Å². The number of hydrogen-bond acceptors (Lipinski definition) is 6. The van der Waals surface area contributed by atoms with E-state index in [9.17, 15) is 4.79 Å². The van der Waals surface area contributed by atoms with Crippen LogP contribution < -0.4 is 4.90 Å². The van der Waals surface area contributed by atoms with Gasteiger partial charge in [0.25, 0.3) is 0 Å². The molecule has 2 heterocycles.